The SMILES string of the molecule is CC(O)C(=O)N1CCCN(c2ccc(CN3C(C)CCC(CCCCCCc4ccccc4)S3(=O)=O)c(F)c2)CC1. The minimum absolute atomic E-state index is 0.0415. The summed E-state index contributed by atoms with van der Waals surface area (Å²) in [5.74, 6) is -0.696. The summed E-state index contributed by atoms with van der Waals surface area (Å²) in [7, 11) is -3.52. The van der Waals surface area contributed by atoms with Crippen LogP contribution in [-0.2, 0) is 27.8 Å². The Bertz CT molecular complexity index is 1240. The fourth-order valence-electron chi connectivity index (χ4n) is 6.09. The number of aryl methyl sites for hydroxylation is 1. The van der Waals surface area contributed by atoms with Crippen LogP contribution in [0.4, 0.5) is 10.1 Å². The van der Waals surface area contributed by atoms with Crippen molar-refractivity contribution < 1.29 is 22.7 Å². The molecule has 2 aromatic rings. The number of benzene rings is 2. The number of aliphatic hydroxyl groups is 1. The third-order valence-corrected chi connectivity index (χ3v) is 11.1. The van der Waals surface area contributed by atoms with Gasteiger partial charge in [-0.25, -0.2) is 12.8 Å². The van der Waals surface area contributed by atoms with E-state index in [2.05, 4.69) is 24.3 Å². The molecule has 2 saturated heterocycles. The monoisotopic (exact) mass is 587 g/mol. The zero-order valence-electron chi connectivity index (χ0n) is 24.6. The van der Waals surface area contributed by atoms with E-state index in [1.165, 1.54) is 22.9 Å². The van der Waals surface area contributed by atoms with Crippen molar-refractivity contribution >= 4 is 21.6 Å². The molecule has 1 amide bonds. The van der Waals surface area contributed by atoms with E-state index in [1.807, 2.05) is 24.0 Å². The average molecular weight is 588 g/mol. The fraction of sp³-hybridized carbons (Fsp3) is 0.594. The Hall–Kier alpha value is -2.49. The zero-order chi connectivity index (χ0) is 29.4. The Morgan fingerprint density at radius 3 is 2.49 bits per heavy atom. The second-order valence-electron chi connectivity index (χ2n) is 11.7. The minimum Gasteiger partial charge on any atom is -0.384 e. The highest BCUT2D eigenvalue weighted by Gasteiger charge is 2.39. The van der Waals surface area contributed by atoms with Gasteiger partial charge < -0.3 is 14.9 Å². The normalized spacial score (nSPS) is 22.3. The van der Waals surface area contributed by atoms with Gasteiger partial charge in [0.15, 0.2) is 0 Å². The number of aliphatic hydroxyl groups excluding tert-OH is 1. The number of halogens is 1. The summed E-state index contributed by atoms with van der Waals surface area (Å²) in [4.78, 5) is 15.9. The fourth-order valence-corrected chi connectivity index (χ4v) is 8.30. The molecule has 0 radical (unpaired) electrons. The number of rotatable bonds is 11. The molecule has 3 atom stereocenters. The smallest absolute Gasteiger partial charge is 0.251 e. The van der Waals surface area contributed by atoms with Crippen LogP contribution in [0, 0.1) is 5.82 Å². The molecule has 0 bridgehead atoms. The minimum atomic E-state index is -3.52. The number of hydrogen-bond donors (Lipinski definition) is 1. The quantitative estimate of drug-likeness (QED) is 0.369. The number of nitrogens with zero attached hydrogens (tertiary/aromatic N) is 3. The summed E-state index contributed by atoms with van der Waals surface area (Å²) in [6.07, 6.45) is 6.95. The van der Waals surface area contributed by atoms with Crippen molar-refractivity contribution in [2.24, 2.45) is 0 Å². The lowest BCUT2D eigenvalue weighted by Gasteiger charge is -2.37. The molecule has 1 N–H and O–H groups in total. The van der Waals surface area contributed by atoms with E-state index >= 15 is 4.39 Å². The molecule has 3 unspecified atom stereocenters. The molecule has 226 valence electrons. The molecule has 2 fully saturated rings. The number of sulfonamides is 1. The Morgan fingerprint density at radius 1 is 1.00 bits per heavy atom. The van der Waals surface area contributed by atoms with Crippen LogP contribution in [0.3, 0.4) is 0 Å². The second kappa shape index (κ2) is 14.6. The van der Waals surface area contributed by atoms with Crippen LogP contribution < -0.4 is 4.90 Å². The lowest BCUT2D eigenvalue weighted by Crippen LogP contribution is -2.48. The van der Waals surface area contributed by atoms with Crippen molar-refractivity contribution in [3.05, 3.63) is 65.5 Å². The summed E-state index contributed by atoms with van der Waals surface area (Å²) in [6.45, 7) is 5.67. The Morgan fingerprint density at radius 2 is 1.76 bits per heavy atom. The molecule has 4 rings (SSSR count). The van der Waals surface area contributed by atoms with Gasteiger partial charge in [-0.15, -0.1) is 0 Å². The van der Waals surface area contributed by atoms with Gasteiger partial charge >= 0.3 is 0 Å². The van der Waals surface area contributed by atoms with E-state index in [1.54, 1.807) is 11.0 Å². The number of amides is 1. The summed E-state index contributed by atoms with van der Waals surface area (Å²) in [6, 6.07) is 15.3. The molecule has 7 nitrogen and oxygen atoms in total. The number of carbonyl (C=O) groups excluding carboxylic acids is 1. The van der Waals surface area contributed by atoms with Gasteiger partial charge in [0.1, 0.15) is 11.9 Å². The van der Waals surface area contributed by atoms with Crippen LogP contribution >= 0.6 is 0 Å². The van der Waals surface area contributed by atoms with Gasteiger partial charge in [-0.3, -0.25) is 4.79 Å². The summed E-state index contributed by atoms with van der Waals surface area (Å²) in [5, 5.41) is 9.23. The predicted octanol–water partition coefficient (Wildman–Crippen LogP) is 5.12. The van der Waals surface area contributed by atoms with Gasteiger partial charge in [0.2, 0.25) is 10.0 Å². The molecule has 0 aromatic heterocycles. The topological polar surface area (TPSA) is 81.2 Å². The van der Waals surface area contributed by atoms with Crippen LogP contribution in [-0.4, -0.2) is 72.2 Å². The predicted molar refractivity (Wildman–Crippen MR) is 162 cm³/mol. The zero-order valence-corrected chi connectivity index (χ0v) is 25.4. The van der Waals surface area contributed by atoms with Crippen molar-refractivity contribution in [3.8, 4) is 0 Å². The molecule has 2 aliphatic heterocycles. The first kappa shape index (κ1) is 31.4. The Kier molecular flexibility index (Phi) is 11.2. The van der Waals surface area contributed by atoms with Gasteiger partial charge in [0.05, 0.1) is 5.25 Å². The lowest BCUT2D eigenvalue weighted by atomic mass is 10.0. The number of hydrogen-bond acceptors (Lipinski definition) is 5. The average Bonchev–Trinajstić information content (AvgIpc) is 3.21. The Labute approximate surface area is 245 Å². The van der Waals surface area contributed by atoms with Gasteiger partial charge in [0, 0.05) is 50.0 Å². The molecule has 0 saturated carbocycles. The number of carbonyl (C=O) groups is 1. The van der Waals surface area contributed by atoms with Crippen LogP contribution in [0.1, 0.15) is 76.3 Å². The van der Waals surface area contributed by atoms with E-state index in [4.69, 9.17) is 0 Å². The van der Waals surface area contributed by atoms with E-state index in [9.17, 15) is 18.3 Å². The van der Waals surface area contributed by atoms with Crippen LogP contribution in [0.5, 0.6) is 0 Å². The first-order chi connectivity index (χ1) is 19.7. The van der Waals surface area contributed by atoms with Crippen molar-refractivity contribution in [1.29, 1.82) is 0 Å². The summed E-state index contributed by atoms with van der Waals surface area (Å²) < 4.78 is 44.0. The van der Waals surface area contributed by atoms with Crippen LogP contribution in [0.25, 0.3) is 0 Å². The highest BCUT2D eigenvalue weighted by atomic mass is 32.2. The van der Waals surface area contributed by atoms with Gasteiger partial charge in [-0.05, 0) is 70.1 Å². The lowest BCUT2D eigenvalue weighted by molar-refractivity contribution is -0.139. The number of unbranched alkanes of at least 4 members (excludes halogenated alkanes) is 3. The summed E-state index contributed by atoms with van der Waals surface area (Å²) in [5.41, 5.74) is 2.44. The van der Waals surface area contributed by atoms with Crippen molar-refractivity contribution in [3.63, 3.8) is 0 Å². The maximum absolute atomic E-state index is 15.3. The Balaban J connectivity index is 1.31. The molecule has 2 aliphatic rings. The van der Waals surface area contributed by atoms with Gasteiger partial charge in [-0.2, -0.15) is 4.31 Å². The van der Waals surface area contributed by atoms with E-state index in [-0.39, 0.29) is 18.5 Å². The molecule has 2 aromatic carbocycles. The van der Waals surface area contributed by atoms with Crippen molar-refractivity contribution in [2.75, 3.05) is 31.1 Å². The molecule has 0 aliphatic carbocycles. The van der Waals surface area contributed by atoms with Crippen molar-refractivity contribution in [2.45, 2.75) is 95.6 Å². The van der Waals surface area contributed by atoms with Gasteiger partial charge in [0.25, 0.3) is 5.91 Å². The molecule has 9 heteroatoms. The molecular formula is C32H46FN3O4S. The first-order valence-electron chi connectivity index (χ1n) is 15.2. The standard InChI is InChI=1S/C32H46FN3O4S/c1-25-15-18-30(14-9-4-3-6-11-27-12-7-5-8-13-27)41(39,40)36(25)24-28-16-17-29(23-31(28)33)34-19-10-20-35(22-21-34)32(38)26(2)37/h5,7-8,12-13,16-17,23,25-26,30,37H,3-4,6,9-11,14-15,18-22,24H2,1-2H3. The number of anilines is 1. The third kappa shape index (κ3) is 8.30. The van der Waals surface area contributed by atoms with Crippen molar-refractivity contribution in [1.82, 2.24) is 9.21 Å². The highest BCUT2D eigenvalue weighted by molar-refractivity contribution is 7.89. The summed E-state index contributed by atoms with van der Waals surface area (Å²) >= 11 is 0. The largest absolute Gasteiger partial charge is 0.384 e. The van der Waals surface area contributed by atoms with Crippen LogP contribution in [0.2, 0.25) is 0 Å². The maximum atomic E-state index is 15.3. The van der Waals surface area contributed by atoms with E-state index in [0.29, 0.717) is 44.6 Å². The molecule has 0 spiro atoms. The molecule has 41 heavy (non-hydrogen) atoms. The maximum Gasteiger partial charge on any atom is 0.251 e. The molecule has 2 heterocycles. The molecular weight excluding hydrogens is 541 g/mol. The third-order valence-electron chi connectivity index (χ3n) is 8.62. The second-order valence-corrected chi connectivity index (χ2v) is 13.9. The van der Waals surface area contributed by atoms with E-state index < -0.39 is 27.2 Å². The van der Waals surface area contributed by atoms with Crippen LogP contribution in [0.15, 0.2) is 48.5 Å². The van der Waals surface area contributed by atoms with Gasteiger partial charge in [-0.1, -0.05) is 55.7 Å². The first-order valence-corrected chi connectivity index (χ1v) is 16.7. The van der Waals surface area contributed by atoms with E-state index in [0.717, 1.165) is 50.6 Å². The highest BCUT2D eigenvalue weighted by Crippen LogP contribution is 2.32.